The van der Waals surface area contributed by atoms with Gasteiger partial charge in [-0.05, 0) is 17.1 Å². The highest BCUT2D eigenvalue weighted by molar-refractivity contribution is 5.92. The molecule has 0 unspecified atom stereocenters. The molecule has 0 radical (unpaired) electrons. The second-order valence-corrected chi connectivity index (χ2v) is 10.1. The van der Waals surface area contributed by atoms with Gasteiger partial charge in [0.15, 0.2) is 18.0 Å². The highest BCUT2D eigenvalue weighted by atomic mass is 16.7. The molecule has 1 fully saturated rings. The summed E-state index contributed by atoms with van der Waals surface area (Å²) in [6, 6.07) is 0. The van der Waals surface area contributed by atoms with Gasteiger partial charge in [0, 0.05) is 47.0 Å². The van der Waals surface area contributed by atoms with Gasteiger partial charge in [-0.25, -0.2) is 0 Å². The average molecular weight is 557 g/mol. The number of rotatable bonds is 10. The van der Waals surface area contributed by atoms with E-state index < -0.39 is 66.0 Å². The molecule has 39 heavy (non-hydrogen) atoms. The van der Waals surface area contributed by atoms with Crippen molar-refractivity contribution in [1.29, 1.82) is 0 Å². The predicted octanol–water partition coefficient (Wildman–Crippen LogP) is 1.19. The van der Waals surface area contributed by atoms with Gasteiger partial charge in [-0.15, -0.1) is 0 Å². The van der Waals surface area contributed by atoms with Crippen molar-refractivity contribution in [1.82, 2.24) is 0 Å². The lowest BCUT2D eigenvalue weighted by atomic mass is 9.68. The van der Waals surface area contributed by atoms with Crippen LogP contribution in [0.2, 0.25) is 0 Å². The predicted molar refractivity (Wildman–Crippen MR) is 130 cm³/mol. The molecule has 0 amide bonds. The van der Waals surface area contributed by atoms with E-state index in [1.54, 1.807) is 0 Å². The summed E-state index contributed by atoms with van der Waals surface area (Å²) in [6.07, 6.45) is -5.09. The van der Waals surface area contributed by atoms with Crippen molar-refractivity contribution < 1.29 is 61.9 Å². The second kappa shape index (κ2) is 13.7. The van der Waals surface area contributed by atoms with Crippen LogP contribution in [-0.2, 0) is 61.9 Å². The number of ether oxygens (including phenoxy) is 7. The van der Waals surface area contributed by atoms with Crippen molar-refractivity contribution in [2.45, 2.75) is 85.6 Å². The summed E-state index contributed by atoms with van der Waals surface area (Å²) in [7, 11) is 0. The molecule has 0 aromatic carbocycles. The van der Waals surface area contributed by atoms with Crippen molar-refractivity contribution in [3.8, 4) is 0 Å². The third-order valence-electron chi connectivity index (χ3n) is 6.15. The minimum absolute atomic E-state index is 0.0495. The Kier molecular flexibility index (Phi) is 11.2. The van der Waals surface area contributed by atoms with Crippen LogP contribution in [0, 0.1) is 11.3 Å². The first-order valence-electron chi connectivity index (χ1n) is 12.4. The molecule has 1 heterocycles. The number of ketones is 1. The van der Waals surface area contributed by atoms with Crippen molar-refractivity contribution in [3.63, 3.8) is 0 Å². The lowest BCUT2D eigenvalue weighted by Gasteiger charge is -2.43. The molecule has 1 aliphatic heterocycles. The molecule has 13 heteroatoms. The molecule has 218 valence electrons. The largest absolute Gasteiger partial charge is 0.465 e. The SMILES string of the molecule is CC(=O)OC[C@@H]1C(COC[C@H]2O[C@@H](OC(C)=O)[C@H](OC(C)=O)[C@@H](OC(C)=O)[C@@H]2OC(C)=O)=CC(=O)CC1(C)C. The van der Waals surface area contributed by atoms with Crippen LogP contribution in [0.5, 0.6) is 0 Å². The fraction of sp³-hybridized carbons (Fsp3) is 0.692. The van der Waals surface area contributed by atoms with E-state index in [4.69, 9.17) is 33.2 Å². The molecular weight excluding hydrogens is 520 g/mol. The van der Waals surface area contributed by atoms with Crippen molar-refractivity contribution in [2.75, 3.05) is 19.8 Å². The molecule has 2 aliphatic rings. The van der Waals surface area contributed by atoms with Crippen molar-refractivity contribution in [3.05, 3.63) is 11.6 Å². The molecule has 0 aromatic rings. The van der Waals surface area contributed by atoms with E-state index in [0.29, 0.717) is 5.57 Å². The first kappa shape index (κ1) is 31.9. The van der Waals surface area contributed by atoms with Gasteiger partial charge in [-0.1, -0.05) is 13.8 Å². The molecule has 1 saturated heterocycles. The van der Waals surface area contributed by atoms with Gasteiger partial charge >= 0.3 is 29.8 Å². The fourth-order valence-electron chi connectivity index (χ4n) is 4.65. The summed E-state index contributed by atoms with van der Waals surface area (Å²) in [5.74, 6) is -3.97. The molecule has 0 N–H and O–H groups in total. The van der Waals surface area contributed by atoms with E-state index in [1.807, 2.05) is 13.8 Å². The number of carbonyl (C=O) groups excluding carboxylic acids is 6. The molecule has 1 aliphatic carbocycles. The van der Waals surface area contributed by atoms with Crippen molar-refractivity contribution in [2.24, 2.45) is 11.3 Å². The smallest absolute Gasteiger partial charge is 0.305 e. The minimum Gasteiger partial charge on any atom is -0.465 e. The van der Waals surface area contributed by atoms with Gasteiger partial charge in [0.2, 0.25) is 12.4 Å². The van der Waals surface area contributed by atoms with Crippen LogP contribution >= 0.6 is 0 Å². The highest BCUT2D eigenvalue weighted by Crippen LogP contribution is 2.40. The zero-order chi connectivity index (χ0) is 29.5. The highest BCUT2D eigenvalue weighted by Gasteiger charge is 2.53. The number of allylic oxidation sites excluding steroid dienone is 1. The Labute approximate surface area is 226 Å². The van der Waals surface area contributed by atoms with Crippen LogP contribution in [0.3, 0.4) is 0 Å². The van der Waals surface area contributed by atoms with Crippen LogP contribution in [-0.4, -0.2) is 86.2 Å². The van der Waals surface area contributed by atoms with E-state index in [1.165, 1.54) is 13.0 Å². The normalized spacial score (nSPS) is 28.0. The van der Waals surface area contributed by atoms with E-state index in [2.05, 4.69) is 0 Å². The molecule has 0 aromatic heterocycles. The number of esters is 5. The molecule has 0 saturated carbocycles. The standard InChI is InChI=1S/C26H36O13/c1-13(27)34-11-20-18(8-19(32)9-26(20,6)7)10-33-12-21-22(35-14(2)28)23(36-15(3)29)24(37-16(4)30)25(39-21)38-17(5)31/h8,20-25H,9-12H2,1-7H3/t20-,21-,22-,23+,24-,25-/m1/s1. The maximum Gasteiger partial charge on any atom is 0.305 e. The Morgan fingerprint density at radius 1 is 0.795 bits per heavy atom. The summed E-state index contributed by atoms with van der Waals surface area (Å²) < 4.78 is 38.0. The molecule has 2 rings (SSSR count). The molecule has 0 spiro atoms. The Balaban J connectivity index is 2.32. The minimum atomic E-state index is -1.51. The van der Waals surface area contributed by atoms with Gasteiger partial charge in [-0.2, -0.15) is 0 Å². The number of hydrogen-bond donors (Lipinski definition) is 0. The first-order valence-corrected chi connectivity index (χ1v) is 12.4. The summed E-state index contributed by atoms with van der Waals surface area (Å²) in [4.78, 5) is 71.2. The van der Waals surface area contributed by atoms with Crippen LogP contribution < -0.4 is 0 Å². The molecule has 0 bridgehead atoms. The van der Waals surface area contributed by atoms with Crippen LogP contribution in [0.1, 0.15) is 54.9 Å². The average Bonchev–Trinajstić information content (AvgIpc) is 2.75. The quantitative estimate of drug-likeness (QED) is 0.278. The zero-order valence-electron chi connectivity index (χ0n) is 23.2. The van der Waals surface area contributed by atoms with Gasteiger partial charge in [0.05, 0.1) is 19.8 Å². The first-order chi connectivity index (χ1) is 18.1. The molecule has 6 atom stereocenters. The van der Waals surface area contributed by atoms with Gasteiger partial charge < -0.3 is 33.2 Å². The Morgan fingerprint density at radius 3 is 1.87 bits per heavy atom. The zero-order valence-corrected chi connectivity index (χ0v) is 23.2. The third-order valence-corrected chi connectivity index (χ3v) is 6.15. The Bertz CT molecular complexity index is 998. The monoisotopic (exact) mass is 556 g/mol. The lowest BCUT2D eigenvalue weighted by Crippen LogP contribution is -2.63. The topological polar surface area (TPSA) is 167 Å². The van der Waals surface area contributed by atoms with Gasteiger partial charge in [0.25, 0.3) is 0 Å². The van der Waals surface area contributed by atoms with Crippen LogP contribution in [0.25, 0.3) is 0 Å². The number of hydrogen-bond acceptors (Lipinski definition) is 13. The Morgan fingerprint density at radius 2 is 1.33 bits per heavy atom. The van der Waals surface area contributed by atoms with E-state index in [-0.39, 0.29) is 37.9 Å². The molecular formula is C26H36O13. The van der Waals surface area contributed by atoms with E-state index >= 15 is 0 Å². The number of carbonyl (C=O) groups is 6. The summed E-state index contributed by atoms with van der Waals surface area (Å²) in [5, 5.41) is 0. The second-order valence-electron chi connectivity index (χ2n) is 10.1. The van der Waals surface area contributed by atoms with E-state index in [0.717, 1.165) is 27.7 Å². The molecule has 13 nitrogen and oxygen atoms in total. The summed E-state index contributed by atoms with van der Waals surface area (Å²) in [5.41, 5.74) is 0.0721. The fourth-order valence-corrected chi connectivity index (χ4v) is 4.65. The maximum atomic E-state index is 12.4. The van der Waals surface area contributed by atoms with Gasteiger partial charge in [0.1, 0.15) is 6.10 Å². The maximum absolute atomic E-state index is 12.4. The van der Waals surface area contributed by atoms with Crippen molar-refractivity contribution >= 4 is 35.6 Å². The van der Waals surface area contributed by atoms with Crippen LogP contribution in [0.15, 0.2) is 11.6 Å². The third kappa shape index (κ3) is 9.43. The lowest BCUT2D eigenvalue weighted by molar-refractivity contribution is -0.301. The van der Waals surface area contributed by atoms with Crippen LogP contribution in [0.4, 0.5) is 0 Å². The Hall–Kier alpha value is -3.32. The summed E-state index contributed by atoms with van der Waals surface area (Å²) >= 11 is 0. The van der Waals surface area contributed by atoms with E-state index in [9.17, 15) is 28.8 Å². The summed E-state index contributed by atoms with van der Waals surface area (Å²) in [6.45, 7) is 9.20. The van der Waals surface area contributed by atoms with Gasteiger partial charge in [-0.3, -0.25) is 28.8 Å².